The third kappa shape index (κ3) is 4.38. The van der Waals surface area contributed by atoms with E-state index < -0.39 is 0 Å². The fourth-order valence-corrected chi connectivity index (χ4v) is 2.63. The van der Waals surface area contributed by atoms with Crippen molar-refractivity contribution in [3.63, 3.8) is 0 Å². The van der Waals surface area contributed by atoms with Crippen molar-refractivity contribution in [2.75, 3.05) is 44.7 Å². The normalized spacial score (nSPS) is 17.3. The van der Waals surface area contributed by atoms with Crippen LogP contribution in [0.15, 0.2) is 6.20 Å². The molecule has 1 aromatic heterocycles. The van der Waals surface area contributed by atoms with Crippen molar-refractivity contribution < 1.29 is 0 Å². The Labute approximate surface area is 128 Å². The van der Waals surface area contributed by atoms with Crippen LogP contribution >= 0.6 is 0 Å². The van der Waals surface area contributed by atoms with Gasteiger partial charge in [0.25, 0.3) is 0 Å². The summed E-state index contributed by atoms with van der Waals surface area (Å²) in [6.45, 7) is 12.6. The highest BCUT2D eigenvalue weighted by Gasteiger charge is 2.18. The Morgan fingerprint density at radius 1 is 1.24 bits per heavy atom. The number of rotatable bonds is 5. The van der Waals surface area contributed by atoms with Crippen LogP contribution in [0.1, 0.15) is 44.6 Å². The second kappa shape index (κ2) is 7.71. The molecule has 0 amide bonds. The van der Waals surface area contributed by atoms with Gasteiger partial charge in [0.15, 0.2) is 0 Å². The molecule has 1 aliphatic heterocycles. The van der Waals surface area contributed by atoms with Crippen molar-refractivity contribution in [3.05, 3.63) is 17.7 Å². The standard InChI is InChI=1S/C16H29N5/c1-5-17-11-14-15(12-18-16(19-14)13(2)3)21-8-6-7-20(4)9-10-21/h12-13,17H,5-11H2,1-4H3. The molecule has 1 N–H and O–H groups in total. The maximum absolute atomic E-state index is 4.81. The van der Waals surface area contributed by atoms with E-state index >= 15 is 0 Å². The van der Waals surface area contributed by atoms with E-state index in [9.17, 15) is 0 Å². The molecule has 0 aliphatic carbocycles. The fraction of sp³-hybridized carbons (Fsp3) is 0.750. The number of aromatic nitrogens is 2. The molecular formula is C16H29N5. The van der Waals surface area contributed by atoms with Crippen LogP contribution < -0.4 is 10.2 Å². The molecule has 2 heterocycles. The van der Waals surface area contributed by atoms with Crippen LogP contribution in [0.4, 0.5) is 5.69 Å². The summed E-state index contributed by atoms with van der Waals surface area (Å²) < 4.78 is 0. The number of hydrogen-bond acceptors (Lipinski definition) is 5. The Balaban J connectivity index is 2.23. The molecule has 1 fully saturated rings. The molecule has 118 valence electrons. The summed E-state index contributed by atoms with van der Waals surface area (Å²) >= 11 is 0. The summed E-state index contributed by atoms with van der Waals surface area (Å²) in [4.78, 5) is 14.2. The van der Waals surface area contributed by atoms with Crippen LogP contribution in [0.25, 0.3) is 0 Å². The van der Waals surface area contributed by atoms with Crippen molar-refractivity contribution in [2.45, 2.75) is 39.7 Å². The van der Waals surface area contributed by atoms with Gasteiger partial charge in [-0.2, -0.15) is 0 Å². The molecule has 0 spiro atoms. The van der Waals surface area contributed by atoms with Crippen LogP contribution in [-0.2, 0) is 6.54 Å². The molecule has 0 unspecified atom stereocenters. The molecule has 2 rings (SSSR count). The maximum Gasteiger partial charge on any atom is 0.131 e. The fourth-order valence-electron chi connectivity index (χ4n) is 2.63. The maximum atomic E-state index is 4.81. The summed E-state index contributed by atoms with van der Waals surface area (Å²) in [7, 11) is 2.20. The Morgan fingerprint density at radius 2 is 2.05 bits per heavy atom. The highest BCUT2D eigenvalue weighted by molar-refractivity contribution is 5.49. The van der Waals surface area contributed by atoms with Gasteiger partial charge in [-0.3, -0.25) is 0 Å². The summed E-state index contributed by atoms with van der Waals surface area (Å²) in [5.41, 5.74) is 2.34. The van der Waals surface area contributed by atoms with Gasteiger partial charge in [0.05, 0.1) is 17.6 Å². The van der Waals surface area contributed by atoms with Gasteiger partial charge in [0.2, 0.25) is 0 Å². The highest BCUT2D eigenvalue weighted by Crippen LogP contribution is 2.21. The number of anilines is 1. The molecule has 5 nitrogen and oxygen atoms in total. The number of nitrogens with one attached hydrogen (secondary N) is 1. The van der Waals surface area contributed by atoms with Crippen LogP contribution in [-0.4, -0.2) is 54.6 Å². The van der Waals surface area contributed by atoms with E-state index in [4.69, 9.17) is 4.98 Å². The Bertz CT molecular complexity index is 446. The van der Waals surface area contributed by atoms with Crippen LogP contribution in [0, 0.1) is 0 Å². The molecule has 0 saturated carbocycles. The Hall–Kier alpha value is -1.20. The SMILES string of the molecule is CCNCc1nc(C(C)C)ncc1N1CCCN(C)CC1. The van der Waals surface area contributed by atoms with E-state index in [1.165, 1.54) is 18.7 Å². The lowest BCUT2D eigenvalue weighted by atomic mass is 10.2. The number of nitrogens with zero attached hydrogens (tertiary/aromatic N) is 4. The third-order valence-corrected chi connectivity index (χ3v) is 3.98. The zero-order valence-electron chi connectivity index (χ0n) is 13.9. The van der Waals surface area contributed by atoms with Gasteiger partial charge in [0.1, 0.15) is 5.82 Å². The summed E-state index contributed by atoms with van der Waals surface area (Å²) in [6, 6.07) is 0. The minimum Gasteiger partial charge on any atom is -0.367 e. The second-order valence-electron chi connectivity index (χ2n) is 6.14. The molecule has 5 heteroatoms. The van der Waals surface area contributed by atoms with Gasteiger partial charge in [-0.25, -0.2) is 9.97 Å². The number of hydrogen-bond donors (Lipinski definition) is 1. The lowest BCUT2D eigenvalue weighted by molar-refractivity contribution is 0.360. The summed E-state index contributed by atoms with van der Waals surface area (Å²) in [5, 5.41) is 3.41. The van der Waals surface area contributed by atoms with Crippen LogP contribution in [0.3, 0.4) is 0 Å². The van der Waals surface area contributed by atoms with E-state index in [1.807, 2.05) is 6.20 Å². The molecule has 0 aromatic carbocycles. The van der Waals surface area contributed by atoms with E-state index in [2.05, 4.69) is 47.9 Å². The van der Waals surface area contributed by atoms with E-state index in [0.29, 0.717) is 5.92 Å². The molecule has 21 heavy (non-hydrogen) atoms. The predicted octanol–water partition coefficient (Wildman–Crippen LogP) is 1.85. The van der Waals surface area contributed by atoms with Gasteiger partial charge in [-0.1, -0.05) is 20.8 Å². The van der Waals surface area contributed by atoms with Gasteiger partial charge in [-0.05, 0) is 26.6 Å². The van der Waals surface area contributed by atoms with E-state index in [-0.39, 0.29) is 0 Å². The van der Waals surface area contributed by atoms with Crippen molar-refractivity contribution in [1.29, 1.82) is 0 Å². The summed E-state index contributed by atoms with van der Waals surface area (Å²) in [6.07, 6.45) is 3.23. The molecule has 1 aliphatic rings. The smallest absolute Gasteiger partial charge is 0.131 e. The van der Waals surface area contributed by atoms with Gasteiger partial charge >= 0.3 is 0 Å². The first-order valence-corrected chi connectivity index (χ1v) is 8.11. The largest absolute Gasteiger partial charge is 0.367 e. The van der Waals surface area contributed by atoms with Crippen molar-refractivity contribution in [2.24, 2.45) is 0 Å². The molecule has 0 atom stereocenters. The molecule has 0 radical (unpaired) electrons. The zero-order valence-corrected chi connectivity index (χ0v) is 13.9. The summed E-state index contributed by atoms with van der Waals surface area (Å²) in [5.74, 6) is 1.31. The predicted molar refractivity (Wildman–Crippen MR) is 87.8 cm³/mol. The average molecular weight is 291 g/mol. The Morgan fingerprint density at radius 3 is 2.76 bits per heavy atom. The molecular weight excluding hydrogens is 262 g/mol. The molecule has 1 aromatic rings. The zero-order chi connectivity index (χ0) is 15.2. The van der Waals surface area contributed by atoms with Gasteiger partial charge < -0.3 is 15.1 Å². The van der Waals surface area contributed by atoms with Gasteiger partial charge in [0, 0.05) is 32.1 Å². The monoisotopic (exact) mass is 291 g/mol. The average Bonchev–Trinajstić information content (AvgIpc) is 2.69. The minimum atomic E-state index is 0.370. The quantitative estimate of drug-likeness (QED) is 0.897. The highest BCUT2D eigenvalue weighted by atomic mass is 15.2. The molecule has 0 bridgehead atoms. The van der Waals surface area contributed by atoms with E-state index in [1.54, 1.807) is 0 Å². The van der Waals surface area contributed by atoms with Gasteiger partial charge in [-0.15, -0.1) is 0 Å². The first-order valence-electron chi connectivity index (χ1n) is 8.11. The number of likely N-dealkylation sites (N-methyl/N-ethyl adjacent to an activating group) is 1. The second-order valence-corrected chi connectivity index (χ2v) is 6.14. The topological polar surface area (TPSA) is 44.3 Å². The lowest BCUT2D eigenvalue weighted by Gasteiger charge is -2.25. The van der Waals surface area contributed by atoms with E-state index in [0.717, 1.165) is 44.2 Å². The lowest BCUT2D eigenvalue weighted by Crippen LogP contribution is -2.30. The third-order valence-electron chi connectivity index (χ3n) is 3.98. The van der Waals surface area contributed by atoms with Crippen molar-refractivity contribution in [1.82, 2.24) is 20.2 Å². The van der Waals surface area contributed by atoms with Crippen LogP contribution in [0.5, 0.6) is 0 Å². The first kappa shape index (κ1) is 16.2. The Kier molecular flexibility index (Phi) is 5.94. The molecule has 1 saturated heterocycles. The van der Waals surface area contributed by atoms with Crippen LogP contribution in [0.2, 0.25) is 0 Å². The van der Waals surface area contributed by atoms with Crippen molar-refractivity contribution >= 4 is 5.69 Å². The first-order chi connectivity index (χ1) is 10.1. The minimum absolute atomic E-state index is 0.370. The van der Waals surface area contributed by atoms with Crippen molar-refractivity contribution in [3.8, 4) is 0 Å².